The van der Waals surface area contributed by atoms with Gasteiger partial charge in [-0.05, 0) is 17.8 Å². The molecule has 6 fully saturated rings. The van der Waals surface area contributed by atoms with Gasteiger partial charge < -0.3 is 5.73 Å². The number of nitrogens with two attached hydrogens (primary N) is 1. The van der Waals surface area contributed by atoms with Crippen molar-refractivity contribution < 1.29 is 9.18 Å². The van der Waals surface area contributed by atoms with Crippen LogP contribution in [0.4, 0.5) is 4.39 Å². The molecule has 0 bridgehead atoms. The average molecular weight is 165 g/mol. The van der Waals surface area contributed by atoms with E-state index in [1.807, 2.05) is 0 Å². The lowest BCUT2D eigenvalue weighted by atomic mass is 8.95. The second kappa shape index (κ2) is 0.875. The summed E-state index contributed by atoms with van der Waals surface area (Å²) in [4.78, 5) is 11.2. The van der Waals surface area contributed by atoms with Crippen molar-refractivity contribution in [3.8, 4) is 0 Å². The average Bonchev–Trinajstić information content (AvgIpc) is 2.04. The molecule has 0 atom stereocenters. The molecule has 1 amide bonds. The number of primary amides is 1. The highest BCUT2D eigenvalue weighted by Gasteiger charge is 3.12. The Labute approximate surface area is 68.3 Å². The van der Waals surface area contributed by atoms with Gasteiger partial charge in [0.2, 0.25) is 5.91 Å². The van der Waals surface area contributed by atoms with E-state index in [1.165, 1.54) is 0 Å². The molecule has 0 aromatic carbocycles. The maximum Gasteiger partial charge on any atom is 0.224 e. The molecule has 6 rings (SSSR count). The third-order valence-corrected chi connectivity index (χ3v) is 5.94. The summed E-state index contributed by atoms with van der Waals surface area (Å²) in [5.41, 5.74) is 4.43. The monoisotopic (exact) mass is 165 g/mol. The minimum atomic E-state index is -0.781. The van der Waals surface area contributed by atoms with E-state index in [-0.39, 0.29) is 29.1 Å². The summed E-state index contributed by atoms with van der Waals surface area (Å²) in [7, 11) is 0. The van der Waals surface area contributed by atoms with Crippen LogP contribution in [-0.2, 0) is 4.79 Å². The molecule has 0 spiro atoms. The van der Waals surface area contributed by atoms with Crippen molar-refractivity contribution in [2.45, 2.75) is 5.67 Å². The number of amides is 1. The second-order valence-electron chi connectivity index (χ2n) is 5.28. The summed E-state index contributed by atoms with van der Waals surface area (Å²) in [6.45, 7) is 0. The molecule has 0 aromatic heterocycles. The SMILES string of the molecule is NC(=O)C12C3C4C1C1C2C3C41F. The van der Waals surface area contributed by atoms with Gasteiger partial charge in [-0.3, -0.25) is 4.79 Å². The van der Waals surface area contributed by atoms with E-state index in [2.05, 4.69) is 0 Å². The largest absolute Gasteiger partial charge is 0.369 e. The number of hydrogen-bond acceptors (Lipinski definition) is 1. The van der Waals surface area contributed by atoms with Gasteiger partial charge in [-0.2, -0.15) is 0 Å². The standard InChI is InChI=1S/C9H8FNO/c10-9-4-1-5(9)3-6(9)2(4)8(1,3)7(11)12/h1-6H,(H2,11,12). The molecule has 0 heterocycles. The molecule has 62 valence electrons. The van der Waals surface area contributed by atoms with Crippen molar-refractivity contribution in [2.75, 3.05) is 0 Å². The van der Waals surface area contributed by atoms with Gasteiger partial charge in [0.05, 0.1) is 5.41 Å². The van der Waals surface area contributed by atoms with Gasteiger partial charge in [-0.1, -0.05) is 0 Å². The minimum absolute atomic E-state index is 0.131. The quantitative estimate of drug-likeness (QED) is 0.580. The van der Waals surface area contributed by atoms with Crippen molar-refractivity contribution in [1.82, 2.24) is 0 Å². The van der Waals surface area contributed by atoms with Gasteiger partial charge in [0.15, 0.2) is 0 Å². The molecule has 12 heavy (non-hydrogen) atoms. The molecule has 2 nitrogen and oxygen atoms in total. The van der Waals surface area contributed by atoms with E-state index in [1.54, 1.807) is 0 Å². The van der Waals surface area contributed by atoms with Crippen LogP contribution in [0.2, 0.25) is 0 Å². The number of rotatable bonds is 1. The first-order valence-corrected chi connectivity index (χ1v) is 4.66. The van der Waals surface area contributed by atoms with E-state index in [0.717, 1.165) is 0 Å². The maximum absolute atomic E-state index is 13.7. The first kappa shape index (κ1) is 5.20. The number of halogens is 1. The van der Waals surface area contributed by atoms with E-state index in [9.17, 15) is 9.18 Å². The Balaban J connectivity index is 1.75. The molecule has 0 aromatic rings. The van der Waals surface area contributed by atoms with Crippen LogP contribution < -0.4 is 5.73 Å². The van der Waals surface area contributed by atoms with E-state index >= 15 is 0 Å². The number of carbonyl (C=O) groups excluding carboxylic acids is 1. The first-order chi connectivity index (χ1) is 5.68. The van der Waals surface area contributed by atoms with Crippen LogP contribution in [0.5, 0.6) is 0 Å². The zero-order valence-electron chi connectivity index (χ0n) is 6.33. The van der Waals surface area contributed by atoms with Gasteiger partial charge in [-0.25, -0.2) is 4.39 Å². The van der Waals surface area contributed by atoms with Crippen LogP contribution in [0, 0.1) is 40.9 Å². The number of carbonyl (C=O) groups is 1. The summed E-state index contributed by atoms with van der Waals surface area (Å²) >= 11 is 0. The third kappa shape index (κ3) is 0.155. The smallest absolute Gasteiger partial charge is 0.224 e. The van der Waals surface area contributed by atoms with Gasteiger partial charge in [0, 0.05) is 17.8 Å². The highest BCUT2D eigenvalue weighted by molar-refractivity contribution is 5.91. The fourth-order valence-corrected chi connectivity index (χ4v) is 5.89. The molecule has 0 unspecified atom stereocenters. The van der Waals surface area contributed by atoms with Crippen molar-refractivity contribution in [1.29, 1.82) is 0 Å². The number of alkyl halides is 1. The second-order valence-corrected chi connectivity index (χ2v) is 5.28. The Morgan fingerprint density at radius 2 is 1.50 bits per heavy atom. The Bertz CT molecular complexity index is 323. The summed E-state index contributed by atoms with van der Waals surface area (Å²) in [5, 5.41) is 0. The lowest BCUT2D eigenvalue weighted by Gasteiger charge is -3.07. The molecule has 0 aliphatic heterocycles. The van der Waals surface area contributed by atoms with Gasteiger partial charge in [-0.15, -0.1) is 0 Å². The van der Waals surface area contributed by atoms with Crippen LogP contribution in [-0.4, -0.2) is 11.6 Å². The van der Waals surface area contributed by atoms with Crippen LogP contribution in [0.15, 0.2) is 0 Å². The van der Waals surface area contributed by atoms with Crippen molar-refractivity contribution >= 4 is 5.91 Å². The van der Waals surface area contributed by atoms with E-state index in [4.69, 9.17) is 5.73 Å². The van der Waals surface area contributed by atoms with Crippen LogP contribution in [0.3, 0.4) is 0 Å². The van der Waals surface area contributed by atoms with E-state index in [0.29, 0.717) is 17.8 Å². The van der Waals surface area contributed by atoms with Crippen LogP contribution in [0.1, 0.15) is 0 Å². The van der Waals surface area contributed by atoms with Crippen molar-refractivity contribution in [3.05, 3.63) is 0 Å². The fourth-order valence-electron chi connectivity index (χ4n) is 5.89. The summed E-state index contributed by atoms with van der Waals surface area (Å²) < 4.78 is 13.7. The molecular weight excluding hydrogens is 157 g/mol. The molecule has 0 saturated heterocycles. The summed E-state index contributed by atoms with van der Waals surface area (Å²) in [6.07, 6.45) is 0. The minimum Gasteiger partial charge on any atom is -0.369 e. The van der Waals surface area contributed by atoms with Gasteiger partial charge in [0.1, 0.15) is 5.67 Å². The topological polar surface area (TPSA) is 43.1 Å². The highest BCUT2D eigenvalue weighted by Crippen LogP contribution is 3.07. The van der Waals surface area contributed by atoms with Gasteiger partial charge >= 0.3 is 0 Å². The van der Waals surface area contributed by atoms with Crippen LogP contribution >= 0.6 is 0 Å². The Kier molecular flexibility index (Phi) is 0.379. The molecule has 2 N–H and O–H groups in total. The van der Waals surface area contributed by atoms with Crippen molar-refractivity contribution in [2.24, 2.45) is 46.7 Å². The lowest BCUT2D eigenvalue weighted by molar-refractivity contribution is -0.630. The first-order valence-electron chi connectivity index (χ1n) is 4.66. The summed E-state index contributed by atoms with van der Waals surface area (Å²) in [5.74, 6) is 1.84. The molecule has 0 radical (unpaired) electrons. The maximum atomic E-state index is 13.7. The van der Waals surface area contributed by atoms with Gasteiger partial charge in [0.25, 0.3) is 0 Å². The number of hydrogen-bond donors (Lipinski definition) is 1. The summed E-state index contributed by atoms with van der Waals surface area (Å²) in [6, 6.07) is 0. The normalized spacial score (nSPS) is 88.1. The molecule has 3 heteroatoms. The Hall–Kier alpha value is -0.600. The van der Waals surface area contributed by atoms with Crippen LogP contribution in [0.25, 0.3) is 0 Å². The zero-order chi connectivity index (χ0) is 8.04. The molecule has 6 aliphatic rings. The molecular formula is C9H8FNO. The third-order valence-electron chi connectivity index (χ3n) is 5.94. The van der Waals surface area contributed by atoms with Crippen molar-refractivity contribution in [3.63, 3.8) is 0 Å². The Morgan fingerprint density at radius 1 is 1.08 bits per heavy atom. The highest BCUT2D eigenvalue weighted by atomic mass is 19.1. The Morgan fingerprint density at radius 3 is 1.83 bits per heavy atom. The zero-order valence-corrected chi connectivity index (χ0v) is 6.33. The fraction of sp³-hybridized carbons (Fsp3) is 0.889. The molecule has 6 aliphatic carbocycles. The predicted molar refractivity (Wildman–Crippen MR) is 36.4 cm³/mol. The lowest BCUT2D eigenvalue weighted by Crippen LogP contribution is -3.13. The van der Waals surface area contributed by atoms with E-state index < -0.39 is 5.67 Å². The predicted octanol–water partition coefficient (Wildman–Crippen LogP) is -0.0684. The molecule has 6 saturated carbocycles.